The van der Waals surface area contributed by atoms with Crippen molar-refractivity contribution in [3.05, 3.63) is 64.2 Å². The van der Waals surface area contributed by atoms with Gasteiger partial charge in [-0.15, -0.1) is 11.8 Å². The molecule has 0 radical (unpaired) electrons. The summed E-state index contributed by atoms with van der Waals surface area (Å²) in [6.07, 6.45) is 0.814. The zero-order valence-electron chi connectivity index (χ0n) is 10.7. The zero-order chi connectivity index (χ0) is 13.9. The van der Waals surface area contributed by atoms with Crippen LogP contribution in [0.15, 0.2) is 53.4 Å². The van der Waals surface area contributed by atoms with Crippen molar-refractivity contribution in [1.29, 1.82) is 0 Å². The normalized spacial score (nSPS) is 16.5. The number of hydrogen-bond acceptors (Lipinski definition) is 4. The highest BCUT2D eigenvalue weighted by Crippen LogP contribution is 2.33. The Bertz CT molecular complexity index is 630. The Hall–Kier alpha value is -2.01. The van der Waals surface area contributed by atoms with Gasteiger partial charge in [0.25, 0.3) is 5.69 Å². The second-order valence-electron chi connectivity index (χ2n) is 4.62. The summed E-state index contributed by atoms with van der Waals surface area (Å²) in [4.78, 5) is 11.6. The van der Waals surface area contributed by atoms with Crippen molar-refractivity contribution in [3.8, 4) is 5.75 Å². The maximum absolute atomic E-state index is 10.8. The van der Waals surface area contributed by atoms with Gasteiger partial charge in [0.05, 0.1) is 4.92 Å². The molecule has 2 aromatic carbocycles. The summed E-state index contributed by atoms with van der Waals surface area (Å²) in [7, 11) is 0. The third-order valence-corrected chi connectivity index (χ3v) is 4.32. The van der Waals surface area contributed by atoms with Crippen LogP contribution in [0.4, 0.5) is 5.69 Å². The van der Waals surface area contributed by atoms with Gasteiger partial charge in [0.15, 0.2) is 0 Å². The van der Waals surface area contributed by atoms with Crippen molar-refractivity contribution in [2.45, 2.75) is 17.4 Å². The molecule has 0 fully saturated rings. The summed E-state index contributed by atoms with van der Waals surface area (Å²) in [5, 5.41) is 10.8. The van der Waals surface area contributed by atoms with E-state index in [0.717, 1.165) is 23.5 Å². The third-order valence-electron chi connectivity index (χ3n) is 3.18. The molecular formula is C15H13NO3S. The van der Waals surface area contributed by atoms with Gasteiger partial charge >= 0.3 is 0 Å². The molecule has 4 nitrogen and oxygen atoms in total. The van der Waals surface area contributed by atoms with Gasteiger partial charge in [0.1, 0.15) is 11.9 Å². The van der Waals surface area contributed by atoms with E-state index in [1.165, 1.54) is 11.0 Å². The molecule has 1 aliphatic heterocycles. The summed E-state index contributed by atoms with van der Waals surface area (Å²) in [5.41, 5.74) is 1.06. The van der Waals surface area contributed by atoms with E-state index >= 15 is 0 Å². The first-order valence-electron chi connectivity index (χ1n) is 6.34. The Morgan fingerprint density at radius 1 is 1.25 bits per heavy atom. The molecule has 0 spiro atoms. The quantitative estimate of drug-likeness (QED) is 0.489. The first-order chi connectivity index (χ1) is 9.72. The molecule has 0 saturated carbocycles. The molecule has 0 amide bonds. The number of benzene rings is 2. The fraction of sp³-hybridized carbons (Fsp3) is 0.200. The van der Waals surface area contributed by atoms with Crippen LogP contribution in [-0.4, -0.2) is 16.8 Å². The number of nitrogens with zero attached hydrogens (tertiary/aromatic N) is 1. The molecule has 1 aliphatic rings. The zero-order valence-corrected chi connectivity index (χ0v) is 11.5. The molecule has 0 aromatic heterocycles. The van der Waals surface area contributed by atoms with E-state index in [1.54, 1.807) is 23.9 Å². The summed E-state index contributed by atoms with van der Waals surface area (Å²) in [5.74, 6) is 1.61. The Morgan fingerprint density at radius 2 is 2.05 bits per heavy atom. The highest BCUT2D eigenvalue weighted by atomic mass is 32.2. The van der Waals surface area contributed by atoms with Gasteiger partial charge in [0.2, 0.25) is 0 Å². The van der Waals surface area contributed by atoms with Crippen LogP contribution in [0.3, 0.4) is 0 Å². The minimum atomic E-state index is -0.369. The molecule has 0 N–H and O–H groups in total. The molecule has 0 bridgehead atoms. The van der Waals surface area contributed by atoms with E-state index in [1.807, 2.05) is 18.2 Å². The molecule has 3 rings (SSSR count). The van der Waals surface area contributed by atoms with Crippen LogP contribution in [0, 0.1) is 10.1 Å². The molecule has 1 atom stereocenters. The smallest absolute Gasteiger partial charge is 0.269 e. The standard InChI is InChI=1S/C15H13NO3S/c17-16(18)12-6-7-15-11(8-12)9-13(19-15)10-20-14-4-2-1-3-5-14/h1-8,13H,9-10H2. The molecule has 0 aliphatic carbocycles. The van der Waals surface area contributed by atoms with Crippen LogP contribution < -0.4 is 4.74 Å². The third kappa shape index (κ3) is 2.77. The first kappa shape index (κ1) is 13.0. The highest BCUT2D eigenvalue weighted by Gasteiger charge is 2.24. The number of nitro groups is 1. The summed E-state index contributed by atoms with van der Waals surface area (Å²) < 4.78 is 5.82. The maximum atomic E-state index is 10.8. The summed E-state index contributed by atoms with van der Waals surface area (Å²) in [6, 6.07) is 14.9. The Balaban J connectivity index is 1.64. The van der Waals surface area contributed by atoms with Crippen LogP contribution in [0.1, 0.15) is 5.56 Å². The minimum Gasteiger partial charge on any atom is -0.489 e. The van der Waals surface area contributed by atoms with Crippen molar-refractivity contribution in [2.75, 3.05) is 5.75 Å². The predicted molar refractivity (Wildman–Crippen MR) is 78.4 cm³/mol. The molecule has 1 unspecified atom stereocenters. The van der Waals surface area contributed by atoms with Gasteiger partial charge in [-0.25, -0.2) is 0 Å². The van der Waals surface area contributed by atoms with Crippen LogP contribution in [-0.2, 0) is 6.42 Å². The van der Waals surface area contributed by atoms with Crippen LogP contribution in [0.2, 0.25) is 0 Å². The van der Waals surface area contributed by atoms with Crippen LogP contribution in [0.5, 0.6) is 5.75 Å². The maximum Gasteiger partial charge on any atom is 0.269 e. The Labute approximate surface area is 120 Å². The number of fused-ring (bicyclic) bond motifs is 1. The molecule has 2 aromatic rings. The molecule has 0 saturated heterocycles. The first-order valence-corrected chi connectivity index (χ1v) is 7.33. The molecule has 1 heterocycles. The number of nitro benzene ring substituents is 1. The fourth-order valence-corrected chi connectivity index (χ4v) is 3.13. The van der Waals surface area contributed by atoms with Gasteiger partial charge in [-0.05, 0) is 18.2 Å². The second kappa shape index (κ2) is 5.54. The average Bonchev–Trinajstić information content (AvgIpc) is 2.88. The topological polar surface area (TPSA) is 52.4 Å². The van der Waals surface area contributed by atoms with E-state index in [-0.39, 0.29) is 16.7 Å². The fourth-order valence-electron chi connectivity index (χ4n) is 2.22. The van der Waals surface area contributed by atoms with E-state index in [4.69, 9.17) is 4.74 Å². The molecule has 5 heteroatoms. The summed E-state index contributed by atoms with van der Waals surface area (Å²) >= 11 is 1.74. The summed E-state index contributed by atoms with van der Waals surface area (Å²) in [6.45, 7) is 0. The minimum absolute atomic E-state index is 0.0808. The lowest BCUT2D eigenvalue weighted by molar-refractivity contribution is -0.384. The second-order valence-corrected chi connectivity index (χ2v) is 5.71. The van der Waals surface area contributed by atoms with Crippen LogP contribution in [0.25, 0.3) is 0 Å². The van der Waals surface area contributed by atoms with Crippen molar-refractivity contribution in [2.24, 2.45) is 0 Å². The lowest BCUT2D eigenvalue weighted by Crippen LogP contribution is -2.15. The number of rotatable bonds is 4. The molecule has 102 valence electrons. The SMILES string of the molecule is O=[N+]([O-])c1ccc2c(c1)CC(CSc1ccccc1)O2. The number of thioether (sulfide) groups is 1. The lowest BCUT2D eigenvalue weighted by atomic mass is 10.1. The van der Waals surface area contributed by atoms with Gasteiger partial charge < -0.3 is 4.74 Å². The van der Waals surface area contributed by atoms with Gasteiger partial charge in [0, 0.05) is 34.8 Å². The predicted octanol–water partition coefficient (Wildman–Crippen LogP) is 3.69. The average molecular weight is 287 g/mol. The van der Waals surface area contributed by atoms with Gasteiger partial charge in [-0.1, -0.05) is 18.2 Å². The van der Waals surface area contributed by atoms with Crippen LogP contribution >= 0.6 is 11.8 Å². The molecule has 20 heavy (non-hydrogen) atoms. The van der Waals surface area contributed by atoms with Gasteiger partial charge in [-0.3, -0.25) is 10.1 Å². The largest absolute Gasteiger partial charge is 0.489 e. The van der Waals surface area contributed by atoms with Crippen molar-refractivity contribution in [3.63, 3.8) is 0 Å². The van der Waals surface area contributed by atoms with E-state index in [9.17, 15) is 10.1 Å². The van der Waals surface area contributed by atoms with E-state index < -0.39 is 0 Å². The lowest BCUT2D eigenvalue weighted by Gasteiger charge is -2.09. The Morgan fingerprint density at radius 3 is 2.80 bits per heavy atom. The van der Waals surface area contributed by atoms with Crippen molar-refractivity contribution in [1.82, 2.24) is 0 Å². The monoisotopic (exact) mass is 287 g/mol. The number of ether oxygens (including phenoxy) is 1. The van der Waals surface area contributed by atoms with Crippen molar-refractivity contribution >= 4 is 17.4 Å². The molecular weight excluding hydrogens is 274 g/mol. The number of hydrogen-bond donors (Lipinski definition) is 0. The highest BCUT2D eigenvalue weighted by molar-refractivity contribution is 7.99. The van der Waals surface area contributed by atoms with Gasteiger partial charge in [-0.2, -0.15) is 0 Å². The van der Waals surface area contributed by atoms with Crippen molar-refractivity contribution < 1.29 is 9.66 Å². The van der Waals surface area contributed by atoms with E-state index in [0.29, 0.717) is 0 Å². The van der Waals surface area contributed by atoms with E-state index in [2.05, 4.69) is 12.1 Å². The Kier molecular flexibility index (Phi) is 3.60. The number of non-ortho nitro benzene ring substituents is 1.